The van der Waals surface area contributed by atoms with Crippen molar-refractivity contribution in [3.8, 4) is 5.00 Å². The summed E-state index contributed by atoms with van der Waals surface area (Å²) in [5.74, 6) is 1.87. The van der Waals surface area contributed by atoms with Gasteiger partial charge in [-0.1, -0.05) is 50.5 Å². The highest BCUT2D eigenvalue weighted by Gasteiger charge is 2.30. The molecule has 0 spiro atoms. The van der Waals surface area contributed by atoms with Gasteiger partial charge in [0.05, 0.1) is 5.71 Å². The molecule has 4 nitrogen and oxygen atoms in total. The van der Waals surface area contributed by atoms with Gasteiger partial charge in [-0.25, -0.2) is 0 Å². The SMILES string of the molecule is CCCCCCc1sc2c(c1C)C(c1ccccc1C)=NC(C)c1nnc(C)n1-2. The maximum atomic E-state index is 5.19. The van der Waals surface area contributed by atoms with E-state index in [-0.39, 0.29) is 6.04 Å². The molecule has 1 atom stereocenters. The zero-order chi connectivity index (χ0) is 20.5. The van der Waals surface area contributed by atoms with Gasteiger partial charge in [0.2, 0.25) is 0 Å². The second kappa shape index (κ2) is 8.23. The number of rotatable bonds is 6. The van der Waals surface area contributed by atoms with E-state index < -0.39 is 0 Å². The van der Waals surface area contributed by atoms with Crippen molar-refractivity contribution in [2.45, 2.75) is 72.8 Å². The molecule has 2 aromatic heterocycles. The molecule has 0 N–H and O–H groups in total. The Morgan fingerprint density at radius 2 is 1.83 bits per heavy atom. The van der Waals surface area contributed by atoms with Crippen LogP contribution in [0.15, 0.2) is 29.3 Å². The van der Waals surface area contributed by atoms with E-state index in [9.17, 15) is 0 Å². The average Bonchev–Trinajstić information content (AvgIpc) is 3.20. The van der Waals surface area contributed by atoms with E-state index in [4.69, 9.17) is 4.99 Å². The highest BCUT2D eigenvalue weighted by Crippen LogP contribution is 2.39. The first-order valence-corrected chi connectivity index (χ1v) is 11.5. The van der Waals surface area contributed by atoms with Gasteiger partial charge in [0.15, 0.2) is 5.82 Å². The van der Waals surface area contributed by atoms with Crippen LogP contribution in [0.2, 0.25) is 0 Å². The lowest BCUT2D eigenvalue weighted by atomic mass is 9.95. The molecule has 4 rings (SSSR count). The Morgan fingerprint density at radius 1 is 1.03 bits per heavy atom. The van der Waals surface area contributed by atoms with Crippen LogP contribution in [0.5, 0.6) is 0 Å². The second-order valence-electron chi connectivity index (χ2n) is 8.05. The first-order valence-electron chi connectivity index (χ1n) is 10.7. The average molecular weight is 407 g/mol. The van der Waals surface area contributed by atoms with Gasteiger partial charge in [0, 0.05) is 16.0 Å². The first kappa shape index (κ1) is 20.0. The van der Waals surface area contributed by atoms with Crippen LogP contribution in [0.1, 0.15) is 84.4 Å². The monoisotopic (exact) mass is 406 g/mol. The first-order chi connectivity index (χ1) is 14.0. The van der Waals surface area contributed by atoms with Crippen LogP contribution in [0.25, 0.3) is 5.00 Å². The number of fused-ring (bicyclic) bond motifs is 3. The molecule has 0 aliphatic carbocycles. The van der Waals surface area contributed by atoms with E-state index >= 15 is 0 Å². The summed E-state index contributed by atoms with van der Waals surface area (Å²) < 4.78 is 2.24. The summed E-state index contributed by atoms with van der Waals surface area (Å²) in [6.45, 7) is 10.9. The molecule has 3 aromatic rings. The molecule has 3 heterocycles. The highest BCUT2D eigenvalue weighted by atomic mass is 32.1. The van der Waals surface area contributed by atoms with Gasteiger partial charge in [0.1, 0.15) is 16.9 Å². The number of aromatic nitrogens is 3. The van der Waals surface area contributed by atoms with Crippen molar-refractivity contribution in [1.82, 2.24) is 14.8 Å². The normalized spacial score (nSPS) is 15.6. The van der Waals surface area contributed by atoms with Gasteiger partial charge in [-0.05, 0) is 51.7 Å². The molecule has 1 aliphatic rings. The zero-order valence-electron chi connectivity index (χ0n) is 18.1. The second-order valence-corrected chi connectivity index (χ2v) is 9.13. The lowest BCUT2D eigenvalue weighted by molar-refractivity contribution is 0.669. The standard InChI is InChI=1S/C24H30N4S/c1-6-7-8-9-14-20-16(3)21-22(19-13-11-10-12-15(19)2)25-17(4)23-27-26-18(5)28(23)24(21)29-20/h10-13,17H,6-9,14H2,1-5H3. The molecule has 1 aromatic carbocycles. The third-order valence-corrected chi connectivity index (χ3v) is 7.21. The number of nitrogens with zero attached hydrogens (tertiary/aromatic N) is 4. The van der Waals surface area contributed by atoms with E-state index in [0.29, 0.717) is 0 Å². The van der Waals surface area contributed by atoms with Crippen molar-refractivity contribution in [1.29, 1.82) is 0 Å². The Hall–Kier alpha value is -2.27. The summed E-state index contributed by atoms with van der Waals surface area (Å²) in [5.41, 5.74) is 6.22. The molecule has 1 aliphatic heterocycles. The Balaban J connectivity index is 1.89. The fourth-order valence-corrected chi connectivity index (χ4v) is 5.59. The molecule has 0 radical (unpaired) electrons. The Kier molecular flexibility index (Phi) is 5.68. The quantitative estimate of drug-likeness (QED) is 0.452. The molecule has 0 saturated carbocycles. The van der Waals surface area contributed by atoms with E-state index in [1.165, 1.54) is 57.8 Å². The smallest absolute Gasteiger partial charge is 0.162 e. The third kappa shape index (κ3) is 3.57. The minimum Gasteiger partial charge on any atom is -0.273 e. The lowest BCUT2D eigenvalue weighted by Crippen LogP contribution is -2.09. The maximum absolute atomic E-state index is 5.19. The number of benzene rings is 1. The van der Waals surface area contributed by atoms with Gasteiger partial charge in [-0.15, -0.1) is 21.5 Å². The molecule has 1 unspecified atom stereocenters. The lowest BCUT2D eigenvalue weighted by Gasteiger charge is -2.12. The van der Waals surface area contributed by atoms with Crippen LogP contribution in [0.4, 0.5) is 0 Å². The van der Waals surface area contributed by atoms with E-state index in [2.05, 4.69) is 66.7 Å². The number of thiophene rings is 1. The van der Waals surface area contributed by atoms with E-state index in [0.717, 1.165) is 23.8 Å². The molecule has 152 valence electrons. The largest absolute Gasteiger partial charge is 0.273 e. The van der Waals surface area contributed by atoms with E-state index in [1.54, 1.807) is 0 Å². The van der Waals surface area contributed by atoms with Crippen LogP contribution < -0.4 is 0 Å². The van der Waals surface area contributed by atoms with Gasteiger partial charge in [-0.3, -0.25) is 9.56 Å². The molecule has 0 bridgehead atoms. The molecular formula is C24H30N4S. The molecule has 0 amide bonds. The van der Waals surface area contributed by atoms with Crippen molar-refractivity contribution in [2.24, 2.45) is 4.99 Å². The number of unbranched alkanes of at least 4 members (excludes halogenated alkanes) is 3. The van der Waals surface area contributed by atoms with Crippen molar-refractivity contribution in [3.63, 3.8) is 0 Å². The van der Waals surface area contributed by atoms with Gasteiger partial charge >= 0.3 is 0 Å². The van der Waals surface area contributed by atoms with Gasteiger partial charge < -0.3 is 0 Å². The zero-order valence-corrected chi connectivity index (χ0v) is 18.9. The van der Waals surface area contributed by atoms with Crippen LogP contribution in [-0.4, -0.2) is 20.5 Å². The highest BCUT2D eigenvalue weighted by molar-refractivity contribution is 7.15. The predicted octanol–water partition coefficient (Wildman–Crippen LogP) is 6.29. The van der Waals surface area contributed by atoms with Crippen molar-refractivity contribution in [3.05, 3.63) is 63.0 Å². The maximum Gasteiger partial charge on any atom is 0.162 e. The van der Waals surface area contributed by atoms with Crippen molar-refractivity contribution in [2.75, 3.05) is 0 Å². The summed E-state index contributed by atoms with van der Waals surface area (Å²) in [6.07, 6.45) is 6.26. The fourth-order valence-electron chi connectivity index (χ4n) is 4.19. The number of aryl methyl sites for hydroxylation is 3. The summed E-state index contributed by atoms with van der Waals surface area (Å²) in [5, 5.41) is 10.1. The summed E-state index contributed by atoms with van der Waals surface area (Å²) in [4.78, 5) is 6.66. The summed E-state index contributed by atoms with van der Waals surface area (Å²) >= 11 is 1.90. The predicted molar refractivity (Wildman–Crippen MR) is 122 cm³/mol. The Labute approximate surface area is 177 Å². The third-order valence-electron chi connectivity index (χ3n) is 5.87. The minimum absolute atomic E-state index is 0.0298. The summed E-state index contributed by atoms with van der Waals surface area (Å²) in [7, 11) is 0. The van der Waals surface area contributed by atoms with Crippen LogP contribution in [0.3, 0.4) is 0 Å². The van der Waals surface area contributed by atoms with Crippen LogP contribution >= 0.6 is 11.3 Å². The van der Waals surface area contributed by atoms with Crippen LogP contribution in [-0.2, 0) is 6.42 Å². The summed E-state index contributed by atoms with van der Waals surface area (Å²) in [6, 6.07) is 8.55. The van der Waals surface area contributed by atoms with Gasteiger partial charge in [-0.2, -0.15) is 0 Å². The van der Waals surface area contributed by atoms with Gasteiger partial charge in [0.25, 0.3) is 0 Å². The van der Waals surface area contributed by atoms with Crippen LogP contribution in [0, 0.1) is 20.8 Å². The molecular weight excluding hydrogens is 376 g/mol. The molecule has 5 heteroatoms. The topological polar surface area (TPSA) is 43.1 Å². The Bertz CT molecular complexity index is 1060. The number of aliphatic imine (C=N–C) groups is 1. The van der Waals surface area contributed by atoms with Crippen molar-refractivity contribution >= 4 is 17.0 Å². The molecule has 0 saturated heterocycles. The molecule has 29 heavy (non-hydrogen) atoms. The fraction of sp³-hybridized carbons (Fsp3) is 0.458. The molecule has 0 fully saturated rings. The Morgan fingerprint density at radius 3 is 2.59 bits per heavy atom. The van der Waals surface area contributed by atoms with E-state index in [1.807, 2.05) is 18.3 Å². The van der Waals surface area contributed by atoms with Crippen molar-refractivity contribution < 1.29 is 0 Å². The minimum atomic E-state index is -0.0298. The number of hydrogen-bond acceptors (Lipinski definition) is 4. The number of hydrogen-bond donors (Lipinski definition) is 0.